The largest absolute Gasteiger partial charge is 0.497 e. The SMILES string of the molecule is CCN(CC)c1ccc(N=Nc2sc3cc(OC)ccc3[n+]2C)cc1. The Labute approximate surface area is 152 Å². The summed E-state index contributed by atoms with van der Waals surface area (Å²) in [7, 11) is 3.68. The summed E-state index contributed by atoms with van der Waals surface area (Å²) in [5.41, 5.74) is 3.19. The number of ether oxygens (including phenoxy) is 1. The molecule has 0 aliphatic rings. The number of aromatic nitrogens is 1. The number of thiazole rings is 1. The Hall–Kier alpha value is -2.47. The van der Waals surface area contributed by atoms with Gasteiger partial charge in [0.2, 0.25) is 0 Å². The molecule has 0 saturated carbocycles. The first-order valence-corrected chi connectivity index (χ1v) is 9.21. The van der Waals surface area contributed by atoms with Crippen LogP contribution in [0, 0.1) is 0 Å². The van der Waals surface area contributed by atoms with Gasteiger partial charge >= 0.3 is 5.13 Å². The molecule has 0 atom stereocenters. The van der Waals surface area contributed by atoms with Crippen LogP contribution in [0.2, 0.25) is 0 Å². The predicted molar refractivity (Wildman–Crippen MR) is 104 cm³/mol. The van der Waals surface area contributed by atoms with Crippen molar-refractivity contribution in [2.24, 2.45) is 17.3 Å². The molecule has 0 aliphatic carbocycles. The van der Waals surface area contributed by atoms with E-state index >= 15 is 0 Å². The molecule has 25 heavy (non-hydrogen) atoms. The summed E-state index contributed by atoms with van der Waals surface area (Å²) >= 11 is 1.60. The number of aryl methyl sites for hydroxylation is 1. The van der Waals surface area contributed by atoms with E-state index in [2.05, 4.69) is 41.1 Å². The Balaban J connectivity index is 1.84. The Kier molecular flexibility index (Phi) is 5.28. The fraction of sp³-hybridized carbons (Fsp3) is 0.316. The maximum atomic E-state index is 5.29. The van der Waals surface area contributed by atoms with E-state index in [9.17, 15) is 0 Å². The van der Waals surface area contributed by atoms with Crippen LogP contribution in [0.1, 0.15) is 13.8 Å². The van der Waals surface area contributed by atoms with E-state index in [1.54, 1.807) is 18.4 Å². The van der Waals surface area contributed by atoms with Gasteiger partial charge in [-0.2, -0.15) is 0 Å². The summed E-state index contributed by atoms with van der Waals surface area (Å²) in [5, 5.41) is 9.69. The molecule has 0 spiro atoms. The average molecular weight is 355 g/mol. The van der Waals surface area contributed by atoms with Gasteiger partial charge in [-0.3, -0.25) is 0 Å². The molecule has 0 N–H and O–H groups in total. The van der Waals surface area contributed by atoms with Crippen molar-refractivity contribution < 1.29 is 9.30 Å². The molecule has 1 heterocycles. The number of hydrogen-bond acceptors (Lipinski definition) is 5. The second-order valence-electron chi connectivity index (χ2n) is 5.67. The van der Waals surface area contributed by atoms with Gasteiger partial charge in [0.25, 0.3) is 0 Å². The third-order valence-electron chi connectivity index (χ3n) is 4.25. The second-order valence-corrected chi connectivity index (χ2v) is 6.68. The normalized spacial score (nSPS) is 11.4. The highest BCUT2D eigenvalue weighted by Crippen LogP contribution is 2.30. The minimum Gasteiger partial charge on any atom is -0.497 e. The van der Waals surface area contributed by atoms with Gasteiger partial charge in [-0.05, 0) is 66.7 Å². The lowest BCUT2D eigenvalue weighted by atomic mass is 10.2. The predicted octanol–water partition coefficient (Wildman–Crippen LogP) is 5.00. The van der Waals surface area contributed by atoms with Gasteiger partial charge in [0.1, 0.15) is 17.0 Å². The van der Waals surface area contributed by atoms with Gasteiger partial charge in [0.15, 0.2) is 0 Å². The number of benzene rings is 2. The Morgan fingerprint density at radius 2 is 1.76 bits per heavy atom. The fourth-order valence-corrected chi connectivity index (χ4v) is 3.76. The molecule has 0 unspecified atom stereocenters. The van der Waals surface area contributed by atoms with Crippen LogP contribution in [0.15, 0.2) is 52.7 Å². The maximum absolute atomic E-state index is 5.29. The van der Waals surface area contributed by atoms with E-state index in [4.69, 9.17) is 4.74 Å². The molecule has 0 aliphatic heterocycles. The maximum Gasteiger partial charge on any atom is 0.409 e. The molecule has 5 nitrogen and oxygen atoms in total. The summed E-state index contributed by atoms with van der Waals surface area (Å²) < 4.78 is 8.47. The summed E-state index contributed by atoms with van der Waals surface area (Å²) in [5.74, 6) is 0.852. The molecule has 0 bridgehead atoms. The quantitative estimate of drug-likeness (QED) is 0.461. The number of anilines is 1. The number of azo groups is 1. The average Bonchev–Trinajstić information content (AvgIpc) is 2.97. The van der Waals surface area contributed by atoms with Crippen LogP contribution in [0.25, 0.3) is 10.2 Å². The lowest BCUT2D eigenvalue weighted by Crippen LogP contribution is -2.25. The van der Waals surface area contributed by atoms with E-state index in [0.29, 0.717) is 0 Å². The first kappa shape index (κ1) is 17.4. The second kappa shape index (κ2) is 7.61. The van der Waals surface area contributed by atoms with Crippen molar-refractivity contribution in [2.75, 3.05) is 25.1 Å². The summed E-state index contributed by atoms with van der Waals surface area (Å²) in [4.78, 5) is 2.31. The van der Waals surface area contributed by atoms with Crippen molar-refractivity contribution in [3.63, 3.8) is 0 Å². The topological polar surface area (TPSA) is 41.1 Å². The molecule has 0 amide bonds. The van der Waals surface area contributed by atoms with Crippen LogP contribution in [-0.2, 0) is 7.05 Å². The molecule has 2 aromatic carbocycles. The lowest BCUT2D eigenvalue weighted by molar-refractivity contribution is -0.627. The molecule has 0 radical (unpaired) electrons. The Morgan fingerprint density at radius 3 is 2.40 bits per heavy atom. The van der Waals surface area contributed by atoms with Gasteiger partial charge in [-0.1, -0.05) is 0 Å². The zero-order valence-electron chi connectivity index (χ0n) is 15.1. The van der Waals surface area contributed by atoms with Crippen molar-refractivity contribution in [3.8, 4) is 5.75 Å². The standard InChI is InChI=1S/C19H23N4OS/c1-5-23(6-2)15-9-7-14(8-10-15)20-21-19-22(3)17-12-11-16(24-4)13-18(17)25-19/h7-13H,5-6H2,1-4H3/q+1. The molecule has 0 saturated heterocycles. The summed E-state index contributed by atoms with van der Waals surface area (Å²) in [6.07, 6.45) is 0. The molecule has 3 aromatic rings. The van der Waals surface area contributed by atoms with E-state index < -0.39 is 0 Å². The van der Waals surface area contributed by atoms with Crippen LogP contribution < -0.4 is 14.2 Å². The lowest BCUT2D eigenvalue weighted by Gasteiger charge is -2.20. The highest BCUT2D eigenvalue weighted by Gasteiger charge is 2.16. The first-order valence-electron chi connectivity index (χ1n) is 8.39. The van der Waals surface area contributed by atoms with Crippen LogP contribution >= 0.6 is 11.3 Å². The summed E-state index contributed by atoms with van der Waals surface area (Å²) in [6.45, 7) is 6.32. The molecule has 130 valence electrons. The number of nitrogens with zero attached hydrogens (tertiary/aromatic N) is 4. The first-order chi connectivity index (χ1) is 12.2. The number of fused-ring (bicyclic) bond motifs is 1. The van der Waals surface area contributed by atoms with Crippen LogP contribution in [0.5, 0.6) is 5.75 Å². The van der Waals surface area contributed by atoms with E-state index in [1.165, 1.54) is 5.69 Å². The van der Waals surface area contributed by atoms with Crippen molar-refractivity contribution >= 4 is 38.1 Å². The molecule has 1 aromatic heterocycles. The van der Waals surface area contributed by atoms with E-state index in [1.807, 2.05) is 41.9 Å². The number of hydrogen-bond donors (Lipinski definition) is 0. The van der Waals surface area contributed by atoms with Crippen LogP contribution in [-0.4, -0.2) is 20.2 Å². The van der Waals surface area contributed by atoms with Gasteiger partial charge in [0, 0.05) is 24.8 Å². The van der Waals surface area contributed by atoms with Crippen molar-refractivity contribution in [1.82, 2.24) is 0 Å². The number of methoxy groups -OCH3 is 1. The van der Waals surface area contributed by atoms with Gasteiger partial charge in [-0.25, -0.2) is 4.57 Å². The van der Waals surface area contributed by atoms with E-state index in [-0.39, 0.29) is 0 Å². The molecule has 0 fully saturated rings. The smallest absolute Gasteiger partial charge is 0.409 e. The van der Waals surface area contributed by atoms with Gasteiger partial charge < -0.3 is 9.64 Å². The van der Waals surface area contributed by atoms with Crippen molar-refractivity contribution in [1.29, 1.82) is 0 Å². The number of rotatable bonds is 6. The third kappa shape index (κ3) is 3.64. The third-order valence-corrected chi connectivity index (χ3v) is 5.33. The van der Waals surface area contributed by atoms with Crippen molar-refractivity contribution in [2.45, 2.75) is 13.8 Å². The summed E-state index contributed by atoms with van der Waals surface area (Å²) in [6, 6.07) is 14.2. The zero-order chi connectivity index (χ0) is 17.8. The minimum atomic E-state index is 0.852. The minimum absolute atomic E-state index is 0.852. The van der Waals surface area contributed by atoms with Crippen LogP contribution in [0.3, 0.4) is 0 Å². The monoisotopic (exact) mass is 355 g/mol. The molecular weight excluding hydrogens is 332 g/mol. The van der Waals surface area contributed by atoms with E-state index in [0.717, 1.165) is 39.9 Å². The Bertz CT molecular complexity index is 882. The molecular formula is C19H23N4OS+. The van der Waals surface area contributed by atoms with Gasteiger partial charge in [0.05, 0.1) is 24.0 Å². The Morgan fingerprint density at radius 1 is 1.04 bits per heavy atom. The molecule has 3 rings (SSSR count). The van der Waals surface area contributed by atoms with Gasteiger partial charge in [-0.15, -0.1) is 0 Å². The fourth-order valence-electron chi connectivity index (χ4n) is 2.76. The van der Waals surface area contributed by atoms with Crippen molar-refractivity contribution in [3.05, 3.63) is 42.5 Å². The highest BCUT2D eigenvalue weighted by atomic mass is 32.1. The highest BCUT2D eigenvalue weighted by molar-refractivity contribution is 7.21. The molecule has 6 heteroatoms. The zero-order valence-corrected chi connectivity index (χ0v) is 15.9. The van der Waals surface area contributed by atoms with Crippen LogP contribution in [0.4, 0.5) is 16.5 Å².